The summed E-state index contributed by atoms with van der Waals surface area (Å²) < 4.78 is 11.4. The van der Waals surface area contributed by atoms with E-state index >= 15 is 0 Å². The number of hydrogen-bond acceptors (Lipinski definition) is 6. The van der Waals surface area contributed by atoms with Crippen LogP contribution >= 0.6 is 15.9 Å². The fraction of sp³-hybridized carbons (Fsp3) is 0.571. The van der Waals surface area contributed by atoms with E-state index in [2.05, 4.69) is 29.8 Å². The standard InChI is InChI=1S/C35H41BrO6/c1-21(37)35(36)29(38)19-27-26-15-14-24-18-25(41-31(39)22-10-6-4-7-11-22)16-17-33(24,2)30(26)28(20-34(27,35)3)42-32(40)23-12-8-5-9-13-23/h4-13,24-30,38H,14-20H2,1-3H3/t24-,25+,26-,27-,28-,29-,30+,33-,34-,35+/m0/s1. The smallest absolute Gasteiger partial charge is 0.338 e. The Labute approximate surface area is 256 Å². The molecule has 224 valence electrons. The molecule has 0 bridgehead atoms. The van der Waals surface area contributed by atoms with Crippen LogP contribution in [0.25, 0.3) is 0 Å². The van der Waals surface area contributed by atoms with Gasteiger partial charge in [-0.2, -0.15) is 0 Å². The molecule has 2 aromatic carbocycles. The molecule has 6 rings (SSSR count). The molecule has 6 nitrogen and oxygen atoms in total. The van der Waals surface area contributed by atoms with Crippen molar-refractivity contribution in [2.45, 2.75) is 88.4 Å². The number of alkyl halides is 1. The zero-order valence-corrected chi connectivity index (χ0v) is 26.2. The van der Waals surface area contributed by atoms with Crippen LogP contribution in [0.5, 0.6) is 0 Å². The molecule has 42 heavy (non-hydrogen) atoms. The van der Waals surface area contributed by atoms with E-state index in [1.54, 1.807) is 31.2 Å². The Morgan fingerprint density at radius 2 is 1.45 bits per heavy atom. The van der Waals surface area contributed by atoms with E-state index in [9.17, 15) is 19.5 Å². The molecule has 0 radical (unpaired) electrons. The lowest BCUT2D eigenvalue weighted by Gasteiger charge is -2.63. The lowest BCUT2D eigenvalue weighted by molar-refractivity contribution is -0.177. The van der Waals surface area contributed by atoms with Crippen molar-refractivity contribution in [3.8, 4) is 0 Å². The SMILES string of the molecule is CC(=O)[C@@]1(Br)[C@@H](O)C[C@H]2[C@@H]3CC[C@H]4C[C@H](OC(=O)c5ccccc5)CC[C@]4(C)[C@H]3[C@@H](OC(=O)c3ccccc3)C[C@@]21C. The van der Waals surface area contributed by atoms with Crippen LogP contribution in [-0.2, 0) is 14.3 Å². The summed E-state index contributed by atoms with van der Waals surface area (Å²) >= 11 is 3.77. The van der Waals surface area contributed by atoms with Gasteiger partial charge in [0.15, 0.2) is 0 Å². The van der Waals surface area contributed by atoms with Gasteiger partial charge in [-0.05, 0) is 105 Å². The fourth-order valence-corrected chi connectivity index (χ4v) is 10.4. The molecule has 0 aliphatic heterocycles. The first-order chi connectivity index (χ1) is 20.0. The highest BCUT2D eigenvalue weighted by Crippen LogP contribution is 2.70. The van der Waals surface area contributed by atoms with Gasteiger partial charge in [-0.25, -0.2) is 9.59 Å². The van der Waals surface area contributed by atoms with Gasteiger partial charge >= 0.3 is 11.9 Å². The second kappa shape index (κ2) is 10.9. The highest BCUT2D eigenvalue weighted by atomic mass is 79.9. The second-order valence-electron chi connectivity index (χ2n) is 13.7. The van der Waals surface area contributed by atoms with Crippen LogP contribution in [0.2, 0.25) is 0 Å². The number of ketones is 1. The Kier molecular flexibility index (Phi) is 7.66. The van der Waals surface area contributed by atoms with E-state index < -0.39 is 21.9 Å². The third-order valence-corrected chi connectivity index (χ3v) is 13.7. The number of halogens is 1. The molecule has 4 fully saturated rings. The van der Waals surface area contributed by atoms with Crippen molar-refractivity contribution in [2.24, 2.45) is 34.5 Å². The van der Waals surface area contributed by atoms with E-state index in [1.807, 2.05) is 36.4 Å². The van der Waals surface area contributed by atoms with Gasteiger partial charge in [0.2, 0.25) is 0 Å². The molecule has 0 aromatic heterocycles. The van der Waals surface area contributed by atoms with Gasteiger partial charge in [-0.3, -0.25) is 4.79 Å². The normalized spacial score (nSPS) is 40.6. The third kappa shape index (κ3) is 4.57. The maximum atomic E-state index is 13.5. The van der Waals surface area contributed by atoms with Gasteiger partial charge in [0, 0.05) is 5.92 Å². The molecule has 0 amide bonds. The highest BCUT2D eigenvalue weighted by Gasteiger charge is 2.71. The lowest BCUT2D eigenvalue weighted by Crippen LogP contribution is -2.63. The molecule has 10 atom stereocenters. The predicted molar refractivity (Wildman–Crippen MR) is 162 cm³/mol. The Morgan fingerprint density at radius 1 is 0.857 bits per heavy atom. The Morgan fingerprint density at radius 3 is 2.05 bits per heavy atom. The van der Waals surface area contributed by atoms with E-state index in [1.165, 1.54) is 0 Å². The first-order valence-corrected chi connectivity index (χ1v) is 16.2. The molecule has 4 aliphatic carbocycles. The van der Waals surface area contributed by atoms with Crippen molar-refractivity contribution < 1.29 is 29.0 Å². The second-order valence-corrected chi connectivity index (χ2v) is 14.9. The van der Waals surface area contributed by atoms with Crippen molar-refractivity contribution in [2.75, 3.05) is 0 Å². The molecular formula is C35H41BrO6. The molecule has 7 heteroatoms. The number of hydrogen-bond donors (Lipinski definition) is 1. The minimum absolute atomic E-state index is 0.0766. The summed E-state index contributed by atoms with van der Waals surface area (Å²) in [5.41, 5.74) is 0.392. The van der Waals surface area contributed by atoms with Crippen molar-refractivity contribution in [1.82, 2.24) is 0 Å². The van der Waals surface area contributed by atoms with E-state index in [0.29, 0.717) is 29.9 Å². The first-order valence-electron chi connectivity index (χ1n) is 15.4. The molecule has 4 aliphatic rings. The molecule has 2 aromatic rings. The third-order valence-electron chi connectivity index (χ3n) is 11.7. The average molecular weight is 638 g/mol. The average Bonchev–Trinajstić information content (AvgIpc) is 3.19. The molecule has 0 heterocycles. The molecule has 0 unspecified atom stereocenters. The number of benzene rings is 2. The summed E-state index contributed by atoms with van der Waals surface area (Å²) in [6.07, 6.45) is 4.04. The van der Waals surface area contributed by atoms with Crippen LogP contribution in [0.4, 0.5) is 0 Å². The zero-order chi connectivity index (χ0) is 29.9. The van der Waals surface area contributed by atoms with Crippen LogP contribution in [0.15, 0.2) is 60.7 Å². The summed E-state index contributed by atoms with van der Waals surface area (Å²) in [6, 6.07) is 18.2. The Hall–Kier alpha value is -2.51. The van der Waals surface area contributed by atoms with Crippen molar-refractivity contribution in [1.29, 1.82) is 0 Å². The maximum absolute atomic E-state index is 13.5. The first kappa shape index (κ1) is 29.6. The quantitative estimate of drug-likeness (QED) is 0.287. The van der Waals surface area contributed by atoms with Crippen LogP contribution in [0.1, 0.15) is 86.4 Å². The van der Waals surface area contributed by atoms with Crippen molar-refractivity contribution in [3.05, 3.63) is 71.8 Å². The van der Waals surface area contributed by atoms with Gasteiger partial charge in [-0.15, -0.1) is 0 Å². The molecule has 0 saturated heterocycles. The monoisotopic (exact) mass is 636 g/mol. The Balaban J connectivity index is 1.31. The van der Waals surface area contributed by atoms with E-state index in [-0.39, 0.29) is 47.0 Å². The molecular weight excluding hydrogens is 596 g/mol. The van der Waals surface area contributed by atoms with Crippen molar-refractivity contribution in [3.63, 3.8) is 0 Å². The lowest BCUT2D eigenvalue weighted by atomic mass is 9.43. The minimum Gasteiger partial charge on any atom is -0.459 e. The molecule has 1 N–H and O–H groups in total. The fourth-order valence-electron chi connectivity index (χ4n) is 9.72. The summed E-state index contributed by atoms with van der Waals surface area (Å²) in [5, 5.41) is 11.3. The number of aliphatic hydroxyl groups excluding tert-OH is 1. The maximum Gasteiger partial charge on any atom is 0.338 e. The van der Waals surface area contributed by atoms with Gasteiger partial charge in [-0.1, -0.05) is 66.2 Å². The van der Waals surface area contributed by atoms with Crippen molar-refractivity contribution >= 4 is 33.7 Å². The summed E-state index contributed by atoms with van der Waals surface area (Å²) in [4.78, 5) is 39.5. The number of rotatable bonds is 5. The summed E-state index contributed by atoms with van der Waals surface area (Å²) in [6.45, 7) is 6.00. The minimum atomic E-state index is -1.08. The number of carbonyl (C=O) groups excluding carboxylic acids is 3. The highest BCUT2D eigenvalue weighted by molar-refractivity contribution is 9.10. The van der Waals surface area contributed by atoms with Crippen LogP contribution in [0.3, 0.4) is 0 Å². The van der Waals surface area contributed by atoms with Gasteiger partial charge in [0.25, 0.3) is 0 Å². The van der Waals surface area contributed by atoms with Crippen LogP contribution in [-0.4, -0.2) is 45.5 Å². The van der Waals surface area contributed by atoms with Crippen LogP contribution < -0.4 is 0 Å². The number of fused-ring (bicyclic) bond motifs is 5. The topological polar surface area (TPSA) is 89.9 Å². The van der Waals surface area contributed by atoms with Gasteiger partial charge < -0.3 is 14.6 Å². The number of ether oxygens (including phenoxy) is 2. The summed E-state index contributed by atoms with van der Waals surface area (Å²) in [5.74, 6) is 0.0254. The van der Waals surface area contributed by atoms with Crippen LogP contribution in [0, 0.1) is 34.5 Å². The molecule has 0 spiro atoms. The largest absolute Gasteiger partial charge is 0.459 e. The summed E-state index contributed by atoms with van der Waals surface area (Å²) in [7, 11) is 0. The number of aliphatic hydroxyl groups is 1. The van der Waals surface area contributed by atoms with E-state index in [4.69, 9.17) is 9.47 Å². The van der Waals surface area contributed by atoms with E-state index in [0.717, 1.165) is 32.1 Å². The molecule has 4 saturated carbocycles. The number of esters is 2. The van der Waals surface area contributed by atoms with Gasteiger partial charge in [0.05, 0.1) is 17.2 Å². The predicted octanol–water partition coefficient (Wildman–Crippen LogP) is 6.78. The van der Waals surface area contributed by atoms with Gasteiger partial charge in [0.1, 0.15) is 22.3 Å². The Bertz CT molecular complexity index is 1350. The zero-order valence-electron chi connectivity index (χ0n) is 24.6. The number of Topliss-reactive ketones (excluding diaryl/α,β-unsaturated/α-hetero) is 1. The number of carbonyl (C=O) groups is 3.